The van der Waals surface area contributed by atoms with Crippen LogP contribution in [-0.2, 0) is 4.79 Å². The molecule has 1 heterocycles. The van der Waals surface area contributed by atoms with Crippen LogP contribution in [0.4, 0.5) is 10.5 Å². The number of thioether (sulfide) groups is 1. The van der Waals surface area contributed by atoms with Crippen LogP contribution in [0.15, 0.2) is 41.3 Å². The standard InChI is InChI=1S/C21H20N2O8S/c1-3-30-17-12-14(23(27)28)10-13(19(17)24)11-18-20(25)22(21(26)32-18)8-9-31-16-7-5-4-6-15(16)29-2/h4-7,10-12,24H,3,8-9H2,1-2H3/b18-11-. The number of benzene rings is 2. The van der Waals surface area contributed by atoms with E-state index in [2.05, 4.69) is 0 Å². The molecule has 32 heavy (non-hydrogen) atoms. The van der Waals surface area contributed by atoms with Crippen LogP contribution < -0.4 is 14.2 Å². The number of nitro groups is 1. The summed E-state index contributed by atoms with van der Waals surface area (Å²) in [7, 11) is 1.50. The number of methoxy groups -OCH3 is 1. The molecule has 2 amide bonds. The van der Waals surface area contributed by atoms with Crippen LogP contribution in [0.25, 0.3) is 6.08 Å². The van der Waals surface area contributed by atoms with E-state index in [1.807, 2.05) is 0 Å². The maximum absolute atomic E-state index is 12.7. The number of nitro benzene ring substituents is 1. The van der Waals surface area contributed by atoms with E-state index in [1.54, 1.807) is 31.2 Å². The number of carbonyl (C=O) groups excluding carboxylic acids is 2. The van der Waals surface area contributed by atoms with Gasteiger partial charge in [-0.3, -0.25) is 24.6 Å². The molecule has 0 atom stereocenters. The summed E-state index contributed by atoms with van der Waals surface area (Å²) in [5.41, 5.74) is -0.319. The van der Waals surface area contributed by atoms with Crippen molar-refractivity contribution >= 4 is 34.7 Å². The minimum Gasteiger partial charge on any atom is -0.504 e. The molecule has 10 nitrogen and oxygen atoms in total. The van der Waals surface area contributed by atoms with Gasteiger partial charge in [0.25, 0.3) is 16.8 Å². The zero-order chi connectivity index (χ0) is 23.3. The molecule has 0 aromatic heterocycles. The highest BCUT2D eigenvalue weighted by atomic mass is 32.2. The predicted octanol–water partition coefficient (Wildman–Crippen LogP) is 3.82. The van der Waals surface area contributed by atoms with Gasteiger partial charge < -0.3 is 19.3 Å². The average molecular weight is 460 g/mol. The first-order valence-electron chi connectivity index (χ1n) is 9.51. The van der Waals surface area contributed by atoms with E-state index < -0.39 is 16.1 Å². The van der Waals surface area contributed by atoms with Crippen molar-refractivity contribution in [1.29, 1.82) is 0 Å². The van der Waals surface area contributed by atoms with Gasteiger partial charge in [-0.15, -0.1) is 0 Å². The largest absolute Gasteiger partial charge is 0.504 e. The van der Waals surface area contributed by atoms with Gasteiger partial charge in [-0.1, -0.05) is 12.1 Å². The number of imide groups is 1. The first kappa shape index (κ1) is 22.9. The fourth-order valence-electron chi connectivity index (χ4n) is 2.91. The molecular weight excluding hydrogens is 440 g/mol. The molecule has 0 bridgehead atoms. The van der Waals surface area contributed by atoms with Crippen LogP contribution in [0.3, 0.4) is 0 Å². The molecule has 1 aliphatic rings. The lowest BCUT2D eigenvalue weighted by molar-refractivity contribution is -0.385. The van der Waals surface area contributed by atoms with Gasteiger partial charge in [0.15, 0.2) is 23.0 Å². The summed E-state index contributed by atoms with van der Waals surface area (Å²) in [6.45, 7) is 1.88. The highest BCUT2D eigenvalue weighted by Crippen LogP contribution is 2.39. The Labute approximate surface area is 187 Å². The second kappa shape index (κ2) is 10.1. The Balaban J connectivity index is 1.77. The van der Waals surface area contributed by atoms with Crippen LogP contribution in [0, 0.1) is 10.1 Å². The van der Waals surface area contributed by atoms with Crippen molar-refractivity contribution in [3.8, 4) is 23.0 Å². The fraction of sp³-hybridized carbons (Fsp3) is 0.238. The Bertz CT molecular complexity index is 1090. The van der Waals surface area contributed by atoms with Crippen LogP contribution in [0.1, 0.15) is 12.5 Å². The second-order valence-corrected chi connectivity index (χ2v) is 7.40. The number of hydrogen-bond acceptors (Lipinski definition) is 9. The van der Waals surface area contributed by atoms with Gasteiger partial charge in [0.05, 0.1) is 36.2 Å². The van der Waals surface area contributed by atoms with Crippen LogP contribution in [0.2, 0.25) is 0 Å². The van der Waals surface area contributed by atoms with Crippen LogP contribution in [0.5, 0.6) is 23.0 Å². The zero-order valence-electron chi connectivity index (χ0n) is 17.3. The van der Waals surface area contributed by atoms with Gasteiger partial charge in [-0.05, 0) is 36.9 Å². The lowest BCUT2D eigenvalue weighted by Gasteiger charge is -2.14. The maximum Gasteiger partial charge on any atom is 0.293 e. The number of phenolic OH excluding ortho intramolecular Hbond substituents is 1. The highest BCUT2D eigenvalue weighted by Gasteiger charge is 2.35. The lowest BCUT2D eigenvalue weighted by atomic mass is 10.1. The first-order valence-corrected chi connectivity index (χ1v) is 10.3. The third-order valence-electron chi connectivity index (χ3n) is 4.40. The third-order valence-corrected chi connectivity index (χ3v) is 5.31. The molecule has 3 rings (SSSR count). The highest BCUT2D eigenvalue weighted by molar-refractivity contribution is 8.18. The molecule has 0 saturated carbocycles. The quantitative estimate of drug-likeness (QED) is 0.337. The van der Waals surface area contributed by atoms with E-state index in [4.69, 9.17) is 14.2 Å². The van der Waals surface area contributed by atoms with Gasteiger partial charge in [-0.2, -0.15) is 0 Å². The van der Waals surface area contributed by atoms with E-state index in [1.165, 1.54) is 13.2 Å². The van der Waals surface area contributed by atoms with Crippen molar-refractivity contribution < 1.29 is 33.8 Å². The number of rotatable bonds is 9. The lowest BCUT2D eigenvalue weighted by Crippen LogP contribution is -2.32. The molecule has 11 heteroatoms. The molecule has 2 aromatic rings. The van der Waals surface area contributed by atoms with Crippen molar-refractivity contribution in [2.75, 3.05) is 26.9 Å². The van der Waals surface area contributed by atoms with E-state index in [9.17, 15) is 24.8 Å². The molecule has 0 spiro atoms. The number of ether oxygens (including phenoxy) is 3. The smallest absolute Gasteiger partial charge is 0.293 e. The second-order valence-electron chi connectivity index (χ2n) is 6.40. The normalized spacial score (nSPS) is 14.7. The average Bonchev–Trinajstić information content (AvgIpc) is 3.04. The molecule has 1 aliphatic heterocycles. The van der Waals surface area contributed by atoms with E-state index >= 15 is 0 Å². The Kier molecular flexibility index (Phi) is 7.21. The number of aromatic hydroxyl groups is 1. The molecule has 1 saturated heterocycles. The van der Waals surface area contributed by atoms with Gasteiger partial charge in [-0.25, -0.2) is 0 Å². The minimum absolute atomic E-state index is 0.00146. The van der Waals surface area contributed by atoms with Gasteiger partial charge in [0.2, 0.25) is 0 Å². The van der Waals surface area contributed by atoms with Crippen molar-refractivity contribution in [1.82, 2.24) is 4.90 Å². The first-order chi connectivity index (χ1) is 15.3. The van der Waals surface area contributed by atoms with E-state index in [-0.39, 0.29) is 47.4 Å². The molecule has 0 radical (unpaired) electrons. The zero-order valence-corrected chi connectivity index (χ0v) is 18.1. The van der Waals surface area contributed by atoms with Crippen LogP contribution >= 0.6 is 11.8 Å². The molecule has 0 aliphatic carbocycles. The van der Waals surface area contributed by atoms with Crippen molar-refractivity contribution in [3.05, 3.63) is 57.0 Å². The summed E-state index contributed by atoms with van der Waals surface area (Å²) in [5.74, 6) is -0.0381. The molecular formula is C21H20N2O8S. The number of hydrogen-bond donors (Lipinski definition) is 1. The molecule has 2 aromatic carbocycles. The Morgan fingerprint density at radius 3 is 2.53 bits per heavy atom. The summed E-state index contributed by atoms with van der Waals surface area (Å²) < 4.78 is 16.0. The summed E-state index contributed by atoms with van der Waals surface area (Å²) in [6, 6.07) is 9.18. The molecule has 0 unspecified atom stereocenters. The molecule has 1 N–H and O–H groups in total. The summed E-state index contributed by atoms with van der Waals surface area (Å²) in [6.07, 6.45) is 1.23. The predicted molar refractivity (Wildman–Crippen MR) is 117 cm³/mol. The van der Waals surface area contributed by atoms with Crippen LogP contribution in [-0.4, -0.2) is 52.9 Å². The monoisotopic (exact) mass is 460 g/mol. The Morgan fingerprint density at radius 1 is 1.16 bits per heavy atom. The minimum atomic E-state index is -0.639. The number of carbonyl (C=O) groups is 2. The van der Waals surface area contributed by atoms with Crippen molar-refractivity contribution in [2.45, 2.75) is 6.92 Å². The molecule has 168 valence electrons. The Morgan fingerprint density at radius 2 is 1.88 bits per heavy atom. The number of para-hydroxylation sites is 2. The SMILES string of the molecule is CCOc1cc([N+](=O)[O-])cc(/C=C2\SC(=O)N(CCOc3ccccc3OC)C2=O)c1O. The van der Waals surface area contributed by atoms with Gasteiger partial charge in [0, 0.05) is 11.6 Å². The molecule has 1 fully saturated rings. The number of amides is 2. The van der Waals surface area contributed by atoms with Gasteiger partial charge in [0.1, 0.15) is 6.61 Å². The van der Waals surface area contributed by atoms with E-state index in [0.717, 1.165) is 17.0 Å². The van der Waals surface area contributed by atoms with Gasteiger partial charge >= 0.3 is 0 Å². The third kappa shape index (κ3) is 4.94. The summed E-state index contributed by atoms with van der Waals surface area (Å²) in [4.78, 5) is 36.6. The topological polar surface area (TPSA) is 128 Å². The van der Waals surface area contributed by atoms with Crippen molar-refractivity contribution in [2.24, 2.45) is 0 Å². The maximum atomic E-state index is 12.7. The summed E-state index contributed by atoms with van der Waals surface area (Å²) in [5, 5.41) is 21.1. The summed E-state index contributed by atoms with van der Waals surface area (Å²) >= 11 is 0.669. The Hall–Kier alpha value is -3.73. The number of phenols is 1. The van der Waals surface area contributed by atoms with E-state index in [0.29, 0.717) is 23.3 Å². The number of nitrogens with zero attached hydrogens (tertiary/aromatic N) is 2. The van der Waals surface area contributed by atoms with Crippen molar-refractivity contribution in [3.63, 3.8) is 0 Å². The fourth-order valence-corrected chi connectivity index (χ4v) is 3.77. The number of non-ortho nitro benzene ring substituents is 1.